The van der Waals surface area contributed by atoms with E-state index in [1.807, 2.05) is 49.4 Å². The fourth-order valence-electron chi connectivity index (χ4n) is 2.85. The van der Waals surface area contributed by atoms with E-state index in [-0.39, 0.29) is 5.91 Å². The average Bonchev–Trinajstić information content (AvgIpc) is 3.04. The van der Waals surface area contributed by atoms with Crippen molar-refractivity contribution >= 4 is 16.9 Å². The third-order valence-electron chi connectivity index (χ3n) is 4.15. The van der Waals surface area contributed by atoms with E-state index in [0.717, 1.165) is 23.0 Å². The van der Waals surface area contributed by atoms with Gasteiger partial charge in [0.15, 0.2) is 5.76 Å². The van der Waals surface area contributed by atoms with Gasteiger partial charge in [0.25, 0.3) is 5.91 Å². The lowest BCUT2D eigenvalue weighted by Crippen LogP contribution is -2.36. The molecule has 4 nitrogen and oxygen atoms in total. The Hall–Kier alpha value is -2.59. The van der Waals surface area contributed by atoms with Gasteiger partial charge in [-0.3, -0.25) is 4.79 Å². The molecule has 3 aromatic rings. The summed E-state index contributed by atoms with van der Waals surface area (Å²) in [6.45, 7) is 3.55. The number of carbonyl (C=O) groups excluding carboxylic acids is 1. The van der Waals surface area contributed by atoms with Gasteiger partial charge in [-0.1, -0.05) is 48.5 Å². The van der Waals surface area contributed by atoms with Gasteiger partial charge in [-0.05, 0) is 30.5 Å². The maximum atomic E-state index is 12.8. The van der Waals surface area contributed by atoms with Crippen LogP contribution < -0.4 is 5.73 Å². The fourth-order valence-corrected chi connectivity index (χ4v) is 2.85. The number of amides is 1. The van der Waals surface area contributed by atoms with Crippen molar-refractivity contribution in [3.63, 3.8) is 0 Å². The molecule has 0 aliphatic carbocycles. The van der Waals surface area contributed by atoms with Crippen LogP contribution in [0, 0.1) is 6.92 Å². The monoisotopic (exact) mass is 322 g/mol. The van der Waals surface area contributed by atoms with Gasteiger partial charge in [-0.2, -0.15) is 0 Å². The van der Waals surface area contributed by atoms with Gasteiger partial charge in [0.1, 0.15) is 5.58 Å². The van der Waals surface area contributed by atoms with Gasteiger partial charge < -0.3 is 15.1 Å². The van der Waals surface area contributed by atoms with Crippen LogP contribution in [0.5, 0.6) is 0 Å². The molecule has 2 aromatic carbocycles. The fraction of sp³-hybridized carbons (Fsp3) is 0.250. The SMILES string of the molecule is Cc1cccc2cc(C(=O)N(CCN)CCc3ccccc3)oc12. The maximum Gasteiger partial charge on any atom is 0.289 e. The molecule has 0 fully saturated rings. The van der Waals surface area contributed by atoms with E-state index in [1.165, 1.54) is 5.56 Å². The summed E-state index contributed by atoms with van der Waals surface area (Å²) in [5.74, 6) is 0.271. The van der Waals surface area contributed by atoms with Crippen LogP contribution in [-0.4, -0.2) is 30.4 Å². The second-order valence-corrected chi connectivity index (χ2v) is 5.92. The van der Waals surface area contributed by atoms with Crippen LogP contribution in [0.25, 0.3) is 11.0 Å². The molecule has 0 radical (unpaired) electrons. The maximum absolute atomic E-state index is 12.8. The molecule has 0 aliphatic rings. The molecule has 124 valence electrons. The van der Waals surface area contributed by atoms with Gasteiger partial charge in [-0.25, -0.2) is 0 Å². The normalized spacial score (nSPS) is 10.9. The molecular weight excluding hydrogens is 300 g/mol. The van der Waals surface area contributed by atoms with Crippen molar-refractivity contribution < 1.29 is 9.21 Å². The molecule has 4 heteroatoms. The van der Waals surface area contributed by atoms with Crippen LogP contribution in [0.3, 0.4) is 0 Å². The number of nitrogens with two attached hydrogens (primary N) is 1. The van der Waals surface area contributed by atoms with Crippen molar-refractivity contribution in [1.29, 1.82) is 0 Å². The first-order valence-corrected chi connectivity index (χ1v) is 8.21. The molecule has 0 unspecified atom stereocenters. The van der Waals surface area contributed by atoms with Crippen LogP contribution in [0.1, 0.15) is 21.7 Å². The summed E-state index contributed by atoms with van der Waals surface area (Å²) in [5.41, 5.74) is 8.69. The number of hydrogen-bond donors (Lipinski definition) is 1. The smallest absolute Gasteiger partial charge is 0.289 e. The van der Waals surface area contributed by atoms with Crippen molar-refractivity contribution in [2.75, 3.05) is 19.6 Å². The van der Waals surface area contributed by atoms with E-state index in [1.54, 1.807) is 4.90 Å². The van der Waals surface area contributed by atoms with Crippen molar-refractivity contribution in [3.05, 3.63) is 71.5 Å². The number of fused-ring (bicyclic) bond motifs is 1. The summed E-state index contributed by atoms with van der Waals surface area (Å²) in [6.07, 6.45) is 0.797. The molecule has 0 aliphatic heterocycles. The van der Waals surface area contributed by atoms with E-state index in [0.29, 0.717) is 25.4 Å². The molecule has 24 heavy (non-hydrogen) atoms. The van der Waals surface area contributed by atoms with Crippen molar-refractivity contribution in [1.82, 2.24) is 4.90 Å². The van der Waals surface area contributed by atoms with Crippen LogP contribution in [0.15, 0.2) is 59.0 Å². The van der Waals surface area contributed by atoms with E-state index in [2.05, 4.69) is 12.1 Å². The van der Waals surface area contributed by atoms with Crippen molar-refractivity contribution in [2.24, 2.45) is 5.73 Å². The molecule has 0 bridgehead atoms. The van der Waals surface area contributed by atoms with Crippen LogP contribution >= 0.6 is 0 Å². The second kappa shape index (κ2) is 7.32. The van der Waals surface area contributed by atoms with E-state index in [4.69, 9.17) is 10.2 Å². The van der Waals surface area contributed by atoms with Gasteiger partial charge in [0.2, 0.25) is 0 Å². The van der Waals surface area contributed by atoms with Gasteiger partial charge in [0, 0.05) is 25.0 Å². The molecule has 0 saturated carbocycles. The standard InChI is InChI=1S/C20H22N2O2/c1-15-6-5-9-17-14-18(24-19(15)17)20(23)22(13-11-21)12-10-16-7-3-2-4-8-16/h2-9,14H,10-13,21H2,1H3. The Kier molecular flexibility index (Phi) is 4.96. The molecule has 0 atom stereocenters. The highest BCUT2D eigenvalue weighted by atomic mass is 16.3. The van der Waals surface area contributed by atoms with E-state index >= 15 is 0 Å². The number of furan rings is 1. The third-order valence-corrected chi connectivity index (χ3v) is 4.15. The minimum Gasteiger partial charge on any atom is -0.451 e. The number of carbonyl (C=O) groups is 1. The average molecular weight is 322 g/mol. The Morgan fingerprint density at radius 1 is 1.08 bits per heavy atom. The first kappa shape index (κ1) is 16.3. The Morgan fingerprint density at radius 3 is 2.58 bits per heavy atom. The molecule has 1 aromatic heterocycles. The molecule has 3 rings (SSSR count). The van der Waals surface area contributed by atoms with E-state index in [9.17, 15) is 4.79 Å². The number of nitrogens with zero attached hydrogens (tertiary/aromatic N) is 1. The lowest BCUT2D eigenvalue weighted by atomic mass is 10.1. The van der Waals surface area contributed by atoms with Gasteiger partial charge in [0.05, 0.1) is 0 Å². The zero-order valence-corrected chi connectivity index (χ0v) is 13.9. The zero-order valence-electron chi connectivity index (χ0n) is 13.9. The summed E-state index contributed by atoms with van der Waals surface area (Å²) in [7, 11) is 0. The minimum atomic E-state index is -0.105. The van der Waals surface area contributed by atoms with Crippen molar-refractivity contribution in [3.8, 4) is 0 Å². The highest BCUT2D eigenvalue weighted by molar-refractivity contribution is 5.96. The Labute approximate surface area is 141 Å². The Balaban J connectivity index is 1.78. The topological polar surface area (TPSA) is 59.5 Å². The molecular formula is C20H22N2O2. The largest absolute Gasteiger partial charge is 0.451 e. The first-order valence-electron chi connectivity index (χ1n) is 8.21. The quantitative estimate of drug-likeness (QED) is 0.757. The first-order chi connectivity index (χ1) is 11.7. The number of aryl methyl sites for hydroxylation is 1. The number of rotatable bonds is 6. The highest BCUT2D eigenvalue weighted by Gasteiger charge is 2.19. The predicted molar refractivity (Wildman–Crippen MR) is 96.1 cm³/mol. The molecule has 0 saturated heterocycles. The lowest BCUT2D eigenvalue weighted by molar-refractivity contribution is 0.0732. The molecule has 1 heterocycles. The Bertz CT molecular complexity index is 824. The summed E-state index contributed by atoms with van der Waals surface area (Å²) >= 11 is 0. The number of hydrogen-bond acceptors (Lipinski definition) is 3. The molecule has 0 spiro atoms. The summed E-state index contributed by atoms with van der Waals surface area (Å²) < 4.78 is 5.81. The van der Waals surface area contributed by atoms with Crippen LogP contribution in [0.4, 0.5) is 0 Å². The molecule has 2 N–H and O–H groups in total. The number of para-hydroxylation sites is 1. The summed E-state index contributed by atoms with van der Waals surface area (Å²) in [6, 6.07) is 17.9. The number of benzene rings is 2. The lowest BCUT2D eigenvalue weighted by Gasteiger charge is -2.20. The summed E-state index contributed by atoms with van der Waals surface area (Å²) in [4.78, 5) is 14.6. The highest BCUT2D eigenvalue weighted by Crippen LogP contribution is 2.23. The Morgan fingerprint density at radius 2 is 1.88 bits per heavy atom. The van der Waals surface area contributed by atoms with Crippen molar-refractivity contribution in [2.45, 2.75) is 13.3 Å². The molecule has 1 amide bonds. The zero-order chi connectivity index (χ0) is 16.9. The minimum absolute atomic E-state index is 0.105. The summed E-state index contributed by atoms with van der Waals surface area (Å²) in [5, 5.41) is 0.953. The third kappa shape index (κ3) is 3.49. The van der Waals surface area contributed by atoms with Crippen LogP contribution in [0.2, 0.25) is 0 Å². The predicted octanol–water partition coefficient (Wildman–Crippen LogP) is 3.38. The van der Waals surface area contributed by atoms with Crippen LogP contribution in [-0.2, 0) is 6.42 Å². The van der Waals surface area contributed by atoms with Gasteiger partial charge >= 0.3 is 0 Å². The van der Waals surface area contributed by atoms with E-state index < -0.39 is 0 Å². The second-order valence-electron chi connectivity index (χ2n) is 5.92. The van der Waals surface area contributed by atoms with Gasteiger partial charge in [-0.15, -0.1) is 0 Å².